The first-order valence-corrected chi connectivity index (χ1v) is 7.43. The van der Waals surface area contributed by atoms with E-state index < -0.39 is 0 Å². The van der Waals surface area contributed by atoms with Gasteiger partial charge in [-0.25, -0.2) is 0 Å². The Hall–Kier alpha value is -3.68. The van der Waals surface area contributed by atoms with E-state index in [1.54, 1.807) is 49.5 Å². The topological polar surface area (TPSA) is 113 Å². The summed E-state index contributed by atoms with van der Waals surface area (Å²) in [4.78, 5) is 27.5. The summed E-state index contributed by atoms with van der Waals surface area (Å²) in [7, 11) is 1.57. The lowest BCUT2D eigenvalue weighted by Gasteiger charge is -2.00. The summed E-state index contributed by atoms with van der Waals surface area (Å²) in [5.41, 5.74) is 1.34. The highest BCUT2D eigenvalue weighted by molar-refractivity contribution is 6.01. The molecule has 25 heavy (non-hydrogen) atoms. The zero-order chi connectivity index (χ0) is 17.6. The molecule has 3 rings (SSSR count). The zero-order valence-electron chi connectivity index (χ0n) is 13.3. The van der Waals surface area contributed by atoms with E-state index in [1.165, 1.54) is 12.3 Å². The molecule has 3 aromatic rings. The number of benzene rings is 1. The maximum atomic E-state index is 11.9. The normalized spacial score (nSPS) is 10.8. The molecular weight excluding hydrogens is 322 g/mol. The minimum Gasteiger partial charge on any atom is -0.461 e. The monoisotopic (exact) mass is 337 g/mol. The molecule has 8 nitrogen and oxygen atoms in total. The standard InChI is InChI=1S/C17H15N5O3/c1-18-16(24)12-7-4-11(5-8-12)6-9-14(23)19-17-20-15(21-22-17)13-3-2-10-25-13/h2-10H,1H3,(H,18,24)(H2,19,20,21,22,23)/b9-6-. The molecule has 0 aliphatic carbocycles. The Labute approximate surface area is 143 Å². The second-order valence-electron chi connectivity index (χ2n) is 5.01. The quantitative estimate of drug-likeness (QED) is 0.617. The van der Waals surface area contributed by atoms with Crippen LogP contribution < -0.4 is 10.6 Å². The third kappa shape index (κ3) is 3.99. The number of amides is 2. The summed E-state index contributed by atoms with van der Waals surface area (Å²) in [5.74, 6) is 0.565. The lowest BCUT2D eigenvalue weighted by molar-refractivity contribution is -0.111. The number of carbonyl (C=O) groups excluding carboxylic acids is 2. The third-order valence-corrected chi connectivity index (χ3v) is 3.30. The number of aromatic nitrogens is 3. The maximum Gasteiger partial charge on any atom is 0.251 e. The first-order chi connectivity index (χ1) is 12.2. The van der Waals surface area contributed by atoms with E-state index in [4.69, 9.17) is 4.42 Å². The summed E-state index contributed by atoms with van der Waals surface area (Å²) in [6.07, 6.45) is 4.51. The average Bonchev–Trinajstić information content (AvgIpc) is 3.31. The molecule has 0 fully saturated rings. The molecule has 0 bridgehead atoms. The minimum absolute atomic E-state index is 0.149. The van der Waals surface area contributed by atoms with Crippen molar-refractivity contribution in [3.8, 4) is 11.6 Å². The molecule has 0 aliphatic heterocycles. The van der Waals surface area contributed by atoms with Crippen LogP contribution in [0.1, 0.15) is 15.9 Å². The fourth-order valence-electron chi connectivity index (χ4n) is 2.05. The van der Waals surface area contributed by atoms with Crippen LogP contribution in [0.3, 0.4) is 0 Å². The van der Waals surface area contributed by atoms with Crippen molar-refractivity contribution in [2.45, 2.75) is 0 Å². The van der Waals surface area contributed by atoms with Crippen LogP contribution in [0.15, 0.2) is 53.2 Å². The predicted molar refractivity (Wildman–Crippen MR) is 91.6 cm³/mol. The fraction of sp³-hybridized carbons (Fsp3) is 0.0588. The van der Waals surface area contributed by atoms with Gasteiger partial charge in [-0.3, -0.25) is 20.0 Å². The second-order valence-corrected chi connectivity index (χ2v) is 5.01. The van der Waals surface area contributed by atoms with Crippen LogP contribution in [0.4, 0.5) is 5.95 Å². The Bertz CT molecular complexity index is 895. The van der Waals surface area contributed by atoms with E-state index in [9.17, 15) is 9.59 Å². The molecular formula is C17H15N5O3. The molecule has 2 amide bonds. The number of anilines is 1. The predicted octanol–water partition coefficient (Wildman–Crippen LogP) is 2.08. The van der Waals surface area contributed by atoms with E-state index in [0.29, 0.717) is 17.1 Å². The van der Waals surface area contributed by atoms with Gasteiger partial charge in [-0.15, -0.1) is 5.10 Å². The van der Waals surface area contributed by atoms with E-state index in [-0.39, 0.29) is 17.8 Å². The first-order valence-electron chi connectivity index (χ1n) is 7.43. The number of nitrogens with zero attached hydrogens (tertiary/aromatic N) is 2. The molecule has 0 spiro atoms. The number of furan rings is 1. The smallest absolute Gasteiger partial charge is 0.251 e. The van der Waals surface area contributed by atoms with Gasteiger partial charge in [-0.05, 0) is 35.9 Å². The second kappa shape index (κ2) is 7.26. The van der Waals surface area contributed by atoms with Crippen molar-refractivity contribution in [1.82, 2.24) is 20.5 Å². The Morgan fingerprint density at radius 2 is 2.00 bits per heavy atom. The Morgan fingerprint density at radius 3 is 2.68 bits per heavy atom. The molecule has 0 saturated heterocycles. The number of carbonyl (C=O) groups is 2. The Kier molecular flexibility index (Phi) is 4.70. The lowest BCUT2D eigenvalue weighted by atomic mass is 10.1. The average molecular weight is 337 g/mol. The first kappa shape index (κ1) is 16.2. The Morgan fingerprint density at radius 1 is 1.20 bits per heavy atom. The van der Waals surface area contributed by atoms with Crippen LogP contribution in [0.5, 0.6) is 0 Å². The Balaban J connectivity index is 1.60. The van der Waals surface area contributed by atoms with Crippen molar-refractivity contribution in [3.05, 3.63) is 59.9 Å². The number of rotatable bonds is 5. The number of H-pyrrole nitrogens is 1. The molecule has 0 radical (unpaired) electrons. The number of aromatic amines is 1. The summed E-state index contributed by atoms with van der Waals surface area (Å²) in [6, 6.07) is 10.3. The van der Waals surface area contributed by atoms with Gasteiger partial charge in [0.2, 0.25) is 5.95 Å². The van der Waals surface area contributed by atoms with Crippen molar-refractivity contribution in [2.75, 3.05) is 12.4 Å². The summed E-state index contributed by atoms with van der Waals surface area (Å²) in [5, 5.41) is 11.7. The van der Waals surface area contributed by atoms with Crippen LogP contribution in [0.25, 0.3) is 17.7 Å². The number of nitrogens with one attached hydrogen (secondary N) is 3. The van der Waals surface area contributed by atoms with E-state index in [1.807, 2.05) is 0 Å². The zero-order valence-corrected chi connectivity index (χ0v) is 13.3. The highest BCUT2D eigenvalue weighted by atomic mass is 16.3. The van der Waals surface area contributed by atoms with Gasteiger partial charge in [0.05, 0.1) is 6.26 Å². The third-order valence-electron chi connectivity index (χ3n) is 3.30. The van der Waals surface area contributed by atoms with Crippen LogP contribution in [0.2, 0.25) is 0 Å². The minimum atomic E-state index is -0.375. The lowest BCUT2D eigenvalue weighted by Crippen LogP contribution is -2.17. The van der Waals surface area contributed by atoms with Crippen LogP contribution in [0, 0.1) is 0 Å². The molecule has 0 saturated carbocycles. The van der Waals surface area contributed by atoms with Crippen molar-refractivity contribution in [1.29, 1.82) is 0 Å². The highest BCUT2D eigenvalue weighted by Crippen LogP contribution is 2.15. The number of hydrogen-bond donors (Lipinski definition) is 3. The molecule has 2 heterocycles. The van der Waals surface area contributed by atoms with Gasteiger partial charge in [-0.2, -0.15) is 4.98 Å². The molecule has 3 N–H and O–H groups in total. The summed E-state index contributed by atoms with van der Waals surface area (Å²) < 4.78 is 5.19. The van der Waals surface area contributed by atoms with Gasteiger partial charge in [0, 0.05) is 18.7 Å². The van der Waals surface area contributed by atoms with Crippen molar-refractivity contribution in [2.24, 2.45) is 0 Å². The molecule has 0 aliphatic rings. The molecule has 1 aromatic carbocycles. The SMILES string of the molecule is CNC(=O)c1ccc(/C=C\C(=O)Nc2n[nH]c(-c3ccco3)n2)cc1. The fourth-order valence-corrected chi connectivity index (χ4v) is 2.05. The number of hydrogen-bond acceptors (Lipinski definition) is 5. The molecule has 2 aromatic heterocycles. The van der Waals surface area contributed by atoms with Crippen LogP contribution in [-0.2, 0) is 4.79 Å². The van der Waals surface area contributed by atoms with Gasteiger partial charge in [-0.1, -0.05) is 12.1 Å². The van der Waals surface area contributed by atoms with Crippen LogP contribution >= 0.6 is 0 Å². The molecule has 126 valence electrons. The van der Waals surface area contributed by atoms with Crippen molar-refractivity contribution < 1.29 is 14.0 Å². The summed E-state index contributed by atoms with van der Waals surface area (Å²) >= 11 is 0. The van der Waals surface area contributed by atoms with E-state index in [2.05, 4.69) is 25.8 Å². The maximum absolute atomic E-state index is 11.9. The highest BCUT2D eigenvalue weighted by Gasteiger charge is 2.09. The summed E-state index contributed by atoms with van der Waals surface area (Å²) in [6.45, 7) is 0. The molecule has 0 atom stereocenters. The van der Waals surface area contributed by atoms with Crippen molar-refractivity contribution in [3.63, 3.8) is 0 Å². The van der Waals surface area contributed by atoms with Gasteiger partial charge in [0.25, 0.3) is 11.8 Å². The van der Waals surface area contributed by atoms with E-state index >= 15 is 0 Å². The molecule has 0 unspecified atom stereocenters. The van der Waals surface area contributed by atoms with Crippen molar-refractivity contribution >= 4 is 23.8 Å². The van der Waals surface area contributed by atoms with Gasteiger partial charge < -0.3 is 9.73 Å². The van der Waals surface area contributed by atoms with Crippen LogP contribution in [-0.4, -0.2) is 34.0 Å². The largest absolute Gasteiger partial charge is 0.461 e. The van der Waals surface area contributed by atoms with Gasteiger partial charge in [0.1, 0.15) is 0 Å². The van der Waals surface area contributed by atoms with E-state index in [0.717, 1.165) is 5.56 Å². The van der Waals surface area contributed by atoms with Gasteiger partial charge in [0.15, 0.2) is 11.6 Å². The molecule has 8 heteroatoms. The van der Waals surface area contributed by atoms with Gasteiger partial charge >= 0.3 is 0 Å².